The minimum Gasteiger partial charge on any atom is -0.315 e. The molecule has 2 N–H and O–H groups in total. The maximum Gasteiger partial charge on any atom is 0.322 e. The first kappa shape index (κ1) is 24.4. The van der Waals surface area contributed by atoms with Gasteiger partial charge in [0, 0.05) is 30.8 Å². The van der Waals surface area contributed by atoms with Crippen molar-refractivity contribution >= 4 is 23.4 Å². The van der Waals surface area contributed by atoms with Crippen LogP contribution < -0.4 is 10.6 Å². The molecule has 1 aromatic carbocycles. The van der Waals surface area contributed by atoms with Crippen molar-refractivity contribution in [3.63, 3.8) is 0 Å². The molecular formula is C24H37N5O2. The number of aryl methyl sites for hydroxylation is 1. The van der Waals surface area contributed by atoms with Crippen LogP contribution in [0.15, 0.2) is 30.3 Å². The van der Waals surface area contributed by atoms with E-state index < -0.39 is 0 Å². The maximum absolute atomic E-state index is 12.8. The Balaban J connectivity index is 2.05. The van der Waals surface area contributed by atoms with Crippen LogP contribution in [0.2, 0.25) is 0 Å². The van der Waals surface area contributed by atoms with Crippen LogP contribution in [0.3, 0.4) is 0 Å². The summed E-state index contributed by atoms with van der Waals surface area (Å²) < 4.78 is 1.66. The van der Waals surface area contributed by atoms with Gasteiger partial charge in [-0.25, -0.2) is 4.79 Å². The molecule has 0 bridgehead atoms. The van der Waals surface area contributed by atoms with E-state index in [2.05, 4.69) is 57.3 Å². The van der Waals surface area contributed by atoms with Crippen LogP contribution >= 0.6 is 0 Å². The zero-order chi connectivity index (χ0) is 23.2. The van der Waals surface area contributed by atoms with Gasteiger partial charge in [-0.1, -0.05) is 60.1 Å². The fraction of sp³-hybridized carbons (Fsp3) is 0.542. The molecule has 7 nitrogen and oxygen atoms in total. The highest BCUT2D eigenvalue weighted by atomic mass is 16.2. The molecule has 170 valence electrons. The molecule has 7 heteroatoms. The Morgan fingerprint density at radius 2 is 1.77 bits per heavy atom. The summed E-state index contributed by atoms with van der Waals surface area (Å²) in [5, 5.41) is 10.3. The quantitative estimate of drug-likeness (QED) is 0.614. The standard InChI is InChI=1S/C24H37N5O2/c1-8-9-14-29(23(31)25-19-12-10-18(11-13-19)17(2)3)16-22(30)26-21-15-20(24(4,5)6)27-28(21)7/h10-13,15,17H,8-9,14,16H2,1-7H3,(H,25,31)(H,26,30). The lowest BCUT2D eigenvalue weighted by Crippen LogP contribution is -2.41. The predicted molar refractivity (Wildman–Crippen MR) is 127 cm³/mol. The Morgan fingerprint density at radius 1 is 1.13 bits per heavy atom. The van der Waals surface area contributed by atoms with Gasteiger partial charge < -0.3 is 15.5 Å². The summed E-state index contributed by atoms with van der Waals surface area (Å²) in [6.45, 7) is 13.0. The van der Waals surface area contributed by atoms with Crippen LogP contribution in [0.4, 0.5) is 16.3 Å². The molecule has 0 radical (unpaired) electrons. The second-order valence-corrected chi connectivity index (χ2v) is 9.32. The van der Waals surface area contributed by atoms with Crippen LogP contribution in [-0.4, -0.2) is 39.7 Å². The zero-order valence-electron chi connectivity index (χ0n) is 20.0. The van der Waals surface area contributed by atoms with Crippen molar-refractivity contribution in [3.05, 3.63) is 41.6 Å². The van der Waals surface area contributed by atoms with E-state index in [0.717, 1.165) is 24.2 Å². The number of carbonyl (C=O) groups is 2. The highest BCUT2D eigenvalue weighted by molar-refractivity contribution is 5.96. The topological polar surface area (TPSA) is 79.3 Å². The average Bonchev–Trinajstić information content (AvgIpc) is 3.06. The predicted octanol–water partition coefficient (Wildman–Crippen LogP) is 5.11. The third kappa shape index (κ3) is 7.12. The van der Waals surface area contributed by atoms with E-state index in [0.29, 0.717) is 18.3 Å². The summed E-state index contributed by atoms with van der Waals surface area (Å²) >= 11 is 0. The lowest BCUT2D eigenvalue weighted by molar-refractivity contribution is -0.116. The molecule has 0 fully saturated rings. The van der Waals surface area contributed by atoms with Crippen molar-refractivity contribution in [2.24, 2.45) is 7.05 Å². The normalized spacial score (nSPS) is 11.5. The highest BCUT2D eigenvalue weighted by Crippen LogP contribution is 2.23. The Morgan fingerprint density at radius 3 is 2.29 bits per heavy atom. The number of hydrogen-bond acceptors (Lipinski definition) is 3. The summed E-state index contributed by atoms with van der Waals surface area (Å²) in [7, 11) is 1.80. The minimum atomic E-state index is -0.277. The van der Waals surface area contributed by atoms with E-state index in [-0.39, 0.29) is 23.9 Å². The van der Waals surface area contributed by atoms with Gasteiger partial charge in [-0.2, -0.15) is 5.10 Å². The molecule has 0 saturated heterocycles. The monoisotopic (exact) mass is 427 g/mol. The number of rotatable bonds is 8. The van der Waals surface area contributed by atoms with Crippen LogP contribution in [0, 0.1) is 0 Å². The third-order valence-electron chi connectivity index (χ3n) is 5.15. The maximum atomic E-state index is 12.8. The lowest BCUT2D eigenvalue weighted by Gasteiger charge is -2.22. The molecule has 1 aromatic heterocycles. The molecule has 2 rings (SSSR count). The van der Waals surface area contributed by atoms with Crippen LogP contribution in [0.1, 0.15) is 71.6 Å². The van der Waals surface area contributed by atoms with E-state index in [9.17, 15) is 9.59 Å². The van der Waals surface area contributed by atoms with Gasteiger partial charge in [0.15, 0.2) is 0 Å². The summed E-state index contributed by atoms with van der Waals surface area (Å²) in [4.78, 5) is 27.1. The fourth-order valence-electron chi connectivity index (χ4n) is 3.06. The number of urea groups is 1. The Labute approximate surface area is 186 Å². The van der Waals surface area contributed by atoms with E-state index in [1.54, 1.807) is 16.6 Å². The Hall–Kier alpha value is -2.83. The molecule has 0 atom stereocenters. The first-order valence-electron chi connectivity index (χ1n) is 11.0. The summed E-state index contributed by atoms with van der Waals surface area (Å²) in [6.07, 6.45) is 1.76. The van der Waals surface area contributed by atoms with Gasteiger partial charge in [-0.15, -0.1) is 0 Å². The molecule has 0 aliphatic carbocycles. The number of nitrogens with zero attached hydrogens (tertiary/aromatic N) is 3. The number of anilines is 2. The summed E-state index contributed by atoms with van der Waals surface area (Å²) in [6, 6.07) is 9.42. The van der Waals surface area contributed by atoms with Crippen molar-refractivity contribution < 1.29 is 9.59 Å². The molecule has 0 unspecified atom stereocenters. The van der Waals surface area contributed by atoms with Crippen molar-refractivity contribution in [1.82, 2.24) is 14.7 Å². The highest BCUT2D eigenvalue weighted by Gasteiger charge is 2.21. The average molecular weight is 428 g/mol. The Bertz CT molecular complexity index is 878. The third-order valence-corrected chi connectivity index (χ3v) is 5.15. The number of unbranched alkanes of at least 4 members (excludes halogenated alkanes) is 1. The van der Waals surface area contributed by atoms with Gasteiger partial charge in [0.05, 0.1) is 5.69 Å². The lowest BCUT2D eigenvalue weighted by atomic mass is 9.92. The van der Waals surface area contributed by atoms with Crippen molar-refractivity contribution in [2.75, 3.05) is 23.7 Å². The van der Waals surface area contributed by atoms with Crippen molar-refractivity contribution in [1.29, 1.82) is 0 Å². The van der Waals surface area contributed by atoms with E-state index in [4.69, 9.17) is 0 Å². The van der Waals surface area contributed by atoms with E-state index >= 15 is 0 Å². The molecule has 0 spiro atoms. The molecule has 1 heterocycles. The van der Waals surface area contributed by atoms with Gasteiger partial charge in [0.1, 0.15) is 12.4 Å². The van der Waals surface area contributed by atoms with Crippen LogP contribution in [0.5, 0.6) is 0 Å². The molecule has 0 saturated carbocycles. The molecule has 0 aliphatic heterocycles. The largest absolute Gasteiger partial charge is 0.322 e. The molecule has 0 aliphatic rings. The van der Waals surface area contributed by atoms with E-state index in [1.165, 1.54) is 5.56 Å². The number of aromatic nitrogens is 2. The number of hydrogen-bond donors (Lipinski definition) is 2. The Kier molecular flexibility index (Phi) is 8.25. The fourth-order valence-corrected chi connectivity index (χ4v) is 3.06. The summed E-state index contributed by atoms with van der Waals surface area (Å²) in [5.41, 5.74) is 2.72. The zero-order valence-corrected chi connectivity index (χ0v) is 20.0. The van der Waals surface area contributed by atoms with Gasteiger partial charge in [-0.05, 0) is 30.0 Å². The van der Waals surface area contributed by atoms with Gasteiger partial charge in [-0.3, -0.25) is 9.48 Å². The molecular weight excluding hydrogens is 390 g/mol. The van der Waals surface area contributed by atoms with Gasteiger partial charge in [0.2, 0.25) is 5.91 Å². The number of nitrogens with one attached hydrogen (secondary N) is 2. The van der Waals surface area contributed by atoms with Gasteiger partial charge >= 0.3 is 6.03 Å². The molecule has 31 heavy (non-hydrogen) atoms. The number of carbonyl (C=O) groups excluding carboxylic acids is 2. The van der Waals surface area contributed by atoms with Crippen LogP contribution in [-0.2, 0) is 17.3 Å². The van der Waals surface area contributed by atoms with Gasteiger partial charge in [0.25, 0.3) is 0 Å². The second kappa shape index (κ2) is 10.5. The minimum absolute atomic E-state index is 0.0219. The number of amides is 3. The van der Waals surface area contributed by atoms with Crippen molar-refractivity contribution in [3.8, 4) is 0 Å². The van der Waals surface area contributed by atoms with Crippen molar-refractivity contribution in [2.45, 2.75) is 65.7 Å². The van der Waals surface area contributed by atoms with E-state index in [1.807, 2.05) is 30.3 Å². The first-order valence-corrected chi connectivity index (χ1v) is 11.0. The van der Waals surface area contributed by atoms with Crippen LogP contribution in [0.25, 0.3) is 0 Å². The smallest absolute Gasteiger partial charge is 0.315 e. The molecule has 2 aromatic rings. The molecule has 3 amide bonds. The first-order chi connectivity index (χ1) is 14.5. The second-order valence-electron chi connectivity index (χ2n) is 9.32. The summed E-state index contributed by atoms with van der Waals surface area (Å²) in [5.74, 6) is 0.806. The SMILES string of the molecule is CCCCN(CC(=O)Nc1cc(C(C)(C)C)nn1C)C(=O)Nc1ccc(C(C)C)cc1. The number of benzene rings is 1.